The molecular weight excluding hydrogens is 174 g/mol. The highest BCUT2D eigenvalue weighted by molar-refractivity contribution is 5.93. The first-order valence-corrected chi connectivity index (χ1v) is 5.48. The maximum absolute atomic E-state index is 11.9. The minimum Gasteiger partial charge on any atom is -0.342 e. The van der Waals surface area contributed by atoms with E-state index < -0.39 is 0 Å². The van der Waals surface area contributed by atoms with Crippen LogP contribution in [0.2, 0.25) is 0 Å². The van der Waals surface area contributed by atoms with Gasteiger partial charge in [0.2, 0.25) is 5.91 Å². The fourth-order valence-corrected chi connectivity index (χ4v) is 1.69. The van der Waals surface area contributed by atoms with Gasteiger partial charge in [-0.15, -0.1) is 0 Å². The number of carbonyl (C=O) groups is 1. The van der Waals surface area contributed by atoms with Gasteiger partial charge in [-0.1, -0.05) is 19.9 Å². The van der Waals surface area contributed by atoms with Crippen LogP contribution in [0, 0.1) is 11.8 Å². The van der Waals surface area contributed by atoms with E-state index in [2.05, 4.69) is 13.8 Å². The number of hydrogen-bond acceptors (Lipinski definition) is 1. The van der Waals surface area contributed by atoms with Gasteiger partial charge in [0.05, 0.1) is 0 Å². The second-order valence-corrected chi connectivity index (χ2v) is 4.53. The first-order valence-electron chi connectivity index (χ1n) is 5.48. The van der Waals surface area contributed by atoms with E-state index in [0.29, 0.717) is 5.92 Å². The van der Waals surface area contributed by atoms with Crippen molar-refractivity contribution in [3.63, 3.8) is 0 Å². The van der Waals surface area contributed by atoms with Gasteiger partial charge in [0.15, 0.2) is 0 Å². The zero-order chi connectivity index (χ0) is 10.7. The van der Waals surface area contributed by atoms with E-state index in [4.69, 9.17) is 0 Å². The van der Waals surface area contributed by atoms with Crippen LogP contribution in [-0.4, -0.2) is 24.4 Å². The molecule has 0 aliphatic heterocycles. The summed E-state index contributed by atoms with van der Waals surface area (Å²) < 4.78 is 0. The highest BCUT2D eigenvalue weighted by Gasteiger charge is 2.26. The van der Waals surface area contributed by atoms with Crippen LogP contribution in [0.4, 0.5) is 0 Å². The molecule has 2 nitrogen and oxygen atoms in total. The van der Waals surface area contributed by atoms with Crippen LogP contribution in [0.15, 0.2) is 11.6 Å². The lowest BCUT2D eigenvalue weighted by molar-refractivity contribution is -0.126. The number of allylic oxidation sites excluding steroid dienone is 1. The van der Waals surface area contributed by atoms with Crippen molar-refractivity contribution < 1.29 is 4.79 Å². The second-order valence-electron chi connectivity index (χ2n) is 4.53. The Kier molecular flexibility index (Phi) is 3.73. The number of rotatable bonds is 4. The minimum atomic E-state index is 0.203. The summed E-state index contributed by atoms with van der Waals surface area (Å²) in [5, 5.41) is 0. The smallest absolute Gasteiger partial charge is 0.249 e. The van der Waals surface area contributed by atoms with Gasteiger partial charge in [0.25, 0.3) is 0 Å². The Morgan fingerprint density at radius 3 is 2.43 bits per heavy atom. The molecule has 0 aromatic carbocycles. The molecule has 0 aromatic heterocycles. The highest BCUT2D eigenvalue weighted by Crippen LogP contribution is 2.29. The zero-order valence-corrected chi connectivity index (χ0v) is 9.71. The number of likely N-dealkylation sites (N-methyl/N-ethyl adjacent to an activating group) is 1. The van der Waals surface area contributed by atoms with Gasteiger partial charge in [-0.2, -0.15) is 0 Å². The summed E-state index contributed by atoms with van der Waals surface area (Å²) in [6.45, 7) is 7.01. The lowest BCUT2D eigenvalue weighted by Gasteiger charge is -2.20. The molecule has 1 rings (SSSR count). The van der Waals surface area contributed by atoms with Crippen molar-refractivity contribution in [1.82, 2.24) is 4.90 Å². The van der Waals surface area contributed by atoms with Crippen LogP contribution in [0.1, 0.15) is 33.6 Å². The fraction of sp³-hybridized carbons (Fsp3) is 0.750. The monoisotopic (exact) mass is 195 g/mol. The predicted octanol–water partition coefficient (Wildman–Crippen LogP) is 2.46. The van der Waals surface area contributed by atoms with Gasteiger partial charge < -0.3 is 4.90 Å². The van der Waals surface area contributed by atoms with Crippen molar-refractivity contribution in [2.45, 2.75) is 33.6 Å². The maximum Gasteiger partial charge on any atom is 0.249 e. The predicted molar refractivity (Wildman–Crippen MR) is 59.0 cm³/mol. The van der Waals surface area contributed by atoms with Gasteiger partial charge in [0, 0.05) is 19.2 Å². The summed E-state index contributed by atoms with van der Waals surface area (Å²) in [4.78, 5) is 13.8. The van der Waals surface area contributed by atoms with Crippen LogP contribution in [-0.2, 0) is 4.79 Å². The Bertz CT molecular complexity index is 239. The van der Waals surface area contributed by atoms with Crippen LogP contribution >= 0.6 is 0 Å². The molecule has 1 saturated carbocycles. The number of amides is 1. The lowest BCUT2D eigenvalue weighted by Crippen LogP contribution is -2.31. The standard InChI is InChI=1S/C12H21NO/c1-5-11(9(2)3)12(14)13(4)8-10-6-7-10/h5,9-10H,6-8H2,1-4H3/b11-5+. The van der Waals surface area contributed by atoms with Crippen LogP contribution in [0.3, 0.4) is 0 Å². The first kappa shape index (κ1) is 11.3. The number of hydrogen-bond donors (Lipinski definition) is 0. The van der Waals surface area contributed by atoms with Crippen molar-refractivity contribution in [2.24, 2.45) is 11.8 Å². The van der Waals surface area contributed by atoms with E-state index in [0.717, 1.165) is 18.0 Å². The number of carbonyl (C=O) groups excluding carboxylic acids is 1. The molecule has 1 aliphatic rings. The van der Waals surface area contributed by atoms with Gasteiger partial charge in [-0.05, 0) is 31.6 Å². The SMILES string of the molecule is C/C=C(/C(=O)N(C)CC1CC1)C(C)C. The van der Waals surface area contributed by atoms with Gasteiger partial charge in [0.1, 0.15) is 0 Å². The van der Waals surface area contributed by atoms with Crippen LogP contribution in [0.25, 0.3) is 0 Å². The molecule has 80 valence electrons. The summed E-state index contributed by atoms with van der Waals surface area (Å²) in [7, 11) is 1.91. The second kappa shape index (κ2) is 4.63. The van der Waals surface area contributed by atoms with E-state index in [9.17, 15) is 4.79 Å². The summed E-state index contributed by atoms with van der Waals surface area (Å²) in [6, 6.07) is 0. The molecule has 0 bridgehead atoms. The van der Waals surface area contributed by atoms with E-state index >= 15 is 0 Å². The summed E-state index contributed by atoms with van der Waals surface area (Å²) in [5.74, 6) is 1.30. The van der Waals surface area contributed by atoms with Crippen LogP contribution < -0.4 is 0 Å². The van der Waals surface area contributed by atoms with Crippen molar-refractivity contribution in [2.75, 3.05) is 13.6 Å². The molecule has 1 fully saturated rings. The highest BCUT2D eigenvalue weighted by atomic mass is 16.2. The van der Waals surface area contributed by atoms with Crippen molar-refractivity contribution in [3.05, 3.63) is 11.6 Å². The zero-order valence-electron chi connectivity index (χ0n) is 9.71. The fourth-order valence-electron chi connectivity index (χ4n) is 1.69. The Balaban J connectivity index is 2.52. The Morgan fingerprint density at radius 1 is 1.50 bits per heavy atom. The Labute approximate surface area is 87.0 Å². The Hall–Kier alpha value is -0.790. The summed E-state index contributed by atoms with van der Waals surface area (Å²) >= 11 is 0. The van der Waals surface area contributed by atoms with Crippen LogP contribution in [0.5, 0.6) is 0 Å². The van der Waals surface area contributed by atoms with Crippen molar-refractivity contribution in [3.8, 4) is 0 Å². The summed E-state index contributed by atoms with van der Waals surface area (Å²) in [5.41, 5.74) is 0.938. The molecule has 0 atom stereocenters. The quantitative estimate of drug-likeness (QED) is 0.631. The minimum absolute atomic E-state index is 0.203. The number of nitrogens with zero attached hydrogens (tertiary/aromatic N) is 1. The largest absolute Gasteiger partial charge is 0.342 e. The molecule has 0 spiro atoms. The van der Waals surface area contributed by atoms with Gasteiger partial charge in [-0.25, -0.2) is 0 Å². The maximum atomic E-state index is 11.9. The van der Waals surface area contributed by atoms with Gasteiger partial charge >= 0.3 is 0 Å². The van der Waals surface area contributed by atoms with E-state index in [-0.39, 0.29) is 5.91 Å². The molecule has 0 saturated heterocycles. The third kappa shape index (κ3) is 2.86. The molecule has 0 unspecified atom stereocenters. The lowest BCUT2D eigenvalue weighted by atomic mass is 10.0. The van der Waals surface area contributed by atoms with Gasteiger partial charge in [-0.3, -0.25) is 4.79 Å². The normalized spacial score (nSPS) is 17.4. The molecule has 0 radical (unpaired) electrons. The molecule has 0 heterocycles. The molecule has 1 amide bonds. The summed E-state index contributed by atoms with van der Waals surface area (Å²) in [6.07, 6.45) is 4.53. The average molecular weight is 195 g/mol. The molecule has 1 aliphatic carbocycles. The van der Waals surface area contributed by atoms with E-state index in [1.54, 1.807) is 0 Å². The van der Waals surface area contributed by atoms with E-state index in [1.165, 1.54) is 12.8 Å². The van der Waals surface area contributed by atoms with Crippen molar-refractivity contribution >= 4 is 5.91 Å². The average Bonchev–Trinajstić information content (AvgIpc) is 2.88. The third-order valence-electron chi connectivity index (χ3n) is 2.76. The third-order valence-corrected chi connectivity index (χ3v) is 2.76. The molecule has 0 aromatic rings. The molecular formula is C12H21NO. The van der Waals surface area contributed by atoms with Crippen molar-refractivity contribution in [1.29, 1.82) is 0 Å². The topological polar surface area (TPSA) is 20.3 Å². The Morgan fingerprint density at radius 2 is 2.07 bits per heavy atom. The molecule has 0 N–H and O–H groups in total. The molecule has 14 heavy (non-hydrogen) atoms. The van der Waals surface area contributed by atoms with E-state index in [1.807, 2.05) is 24.9 Å². The first-order chi connectivity index (χ1) is 6.56. The molecule has 2 heteroatoms.